The van der Waals surface area contributed by atoms with Crippen LogP contribution in [0.5, 0.6) is 0 Å². The summed E-state index contributed by atoms with van der Waals surface area (Å²) in [4.78, 5) is 23.6. The van der Waals surface area contributed by atoms with Crippen molar-refractivity contribution in [2.45, 2.75) is 12.5 Å². The highest BCUT2D eigenvalue weighted by Gasteiger charge is 2.22. The molecule has 0 heterocycles. The van der Waals surface area contributed by atoms with Gasteiger partial charge in [0.2, 0.25) is 0 Å². The predicted molar refractivity (Wildman–Crippen MR) is 87.9 cm³/mol. The minimum atomic E-state index is -1.15. The molecule has 0 aliphatic rings. The van der Waals surface area contributed by atoms with E-state index in [2.05, 4.69) is 21.2 Å². The Labute approximate surface area is 141 Å². The van der Waals surface area contributed by atoms with E-state index in [1.165, 1.54) is 0 Å². The lowest BCUT2D eigenvalue weighted by molar-refractivity contribution is -0.139. The lowest BCUT2D eigenvalue weighted by atomic mass is 10.0. The molecule has 6 heteroatoms. The molecule has 0 radical (unpaired) electrons. The van der Waals surface area contributed by atoms with Gasteiger partial charge in [0.15, 0.2) is 0 Å². The van der Waals surface area contributed by atoms with Crippen molar-refractivity contribution in [1.29, 1.82) is 5.26 Å². The van der Waals surface area contributed by atoms with Crippen LogP contribution in [0.15, 0.2) is 53.0 Å². The number of carbonyl (C=O) groups excluding carboxylic acids is 1. The number of rotatable bonds is 5. The maximum atomic E-state index is 12.2. The maximum Gasteiger partial charge on any atom is 0.326 e. The summed E-state index contributed by atoms with van der Waals surface area (Å²) in [7, 11) is 0. The molecule has 0 aliphatic heterocycles. The van der Waals surface area contributed by atoms with Crippen LogP contribution in [-0.2, 0) is 11.2 Å². The molecule has 0 fully saturated rings. The van der Waals surface area contributed by atoms with Crippen molar-refractivity contribution in [1.82, 2.24) is 5.32 Å². The van der Waals surface area contributed by atoms with Crippen molar-refractivity contribution >= 4 is 27.8 Å². The van der Waals surface area contributed by atoms with E-state index in [1.807, 2.05) is 6.07 Å². The fourth-order valence-electron chi connectivity index (χ4n) is 2.10. The molecule has 2 N–H and O–H groups in total. The summed E-state index contributed by atoms with van der Waals surface area (Å²) >= 11 is 3.27. The highest BCUT2D eigenvalue weighted by atomic mass is 79.9. The summed E-state index contributed by atoms with van der Waals surface area (Å²) in [5.41, 5.74) is 1.34. The Bertz CT molecular complexity index is 783. The highest BCUT2D eigenvalue weighted by Crippen LogP contribution is 2.13. The molecular weight excluding hydrogens is 360 g/mol. The number of halogens is 1. The van der Waals surface area contributed by atoms with Gasteiger partial charge in [-0.15, -0.1) is 0 Å². The van der Waals surface area contributed by atoms with Crippen LogP contribution in [0.2, 0.25) is 0 Å². The Hall–Kier alpha value is -2.65. The summed E-state index contributed by atoms with van der Waals surface area (Å²) < 4.78 is 0.729. The monoisotopic (exact) mass is 372 g/mol. The number of benzene rings is 2. The third-order valence-electron chi connectivity index (χ3n) is 3.25. The Morgan fingerprint density at radius 2 is 1.96 bits per heavy atom. The second-order valence-corrected chi connectivity index (χ2v) is 5.76. The Kier molecular flexibility index (Phi) is 5.50. The van der Waals surface area contributed by atoms with Crippen LogP contribution in [0, 0.1) is 11.3 Å². The number of carboxylic acids is 1. The van der Waals surface area contributed by atoms with Gasteiger partial charge in [-0.05, 0) is 29.8 Å². The average Bonchev–Trinajstić information content (AvgIpc) is 2.54. The molecule has 2 aromatic rings. The largest absolute Gasteiger partial charge is 0.480 e. The minimum Gasteiger partial charge on any atom is -0.480 e. The molecule has 5 nitrogen and oxygen atoms in total. The van der Waals surface area contributed by atoms with Crippen molar-refractivity contribution in [3.63, 3.8) is 0 Å². The highest BCUT2D eigenvalue weighted by molar-refractivity contribution is 9.10. The van der Waals surface area contributed by atoms with Gasteiger partial charge in [-0.3, -0.25) is 4.79 Å². The quantitative estimate of drug-likeness (QED) is 0.843. The molecule has 0 spiro atoms. The molecule has 0 bridgehead atoms. The van der Waals surface area contributed by atoms with E-state index in [0.717, 1.165) is 4.47 Å². The predicted octanol–water partition coefficient (Wildman–Crippen LogP) is 2.75. The van der Waals surface area contributed by atoms with Crippen molar-refractivity contribution in [2.24, 2.45) is 0 Å². The van der Waals surface area contributed by atoms with E-state index in [9.17, 15) is 14.7 Å². The molecule has 0 unspecified atom stereocenters. The third kappa shape index (κ3) is 4.41. The summed E-state index contributed by atoms with van der Waals surface area (Å²) in [6.45, 7) is 0. The molecular formula is C17H13BrN2O3. The van der Waals surface area contributed by atoms with Gasteiger partial charge in [0.1, 0.15) is 6.04 Å². The SMILES string of the molecule is N#Cc1ccccc1C[C@H](NC(=O)c1cccc(Br)c1)C(=O)O. The lowest BCUT2D eigenvalue weighted by Gasteiger charge is -2.15. The topological polar surface area (TPSA) is 90.2 Å². The van der Waals surface area contributed by atoms with Crippen LogP contribution in [-0.4, -0.2) is 23.0 Å². The number of nitrogens with zero attached hydrogens (tertiary/aromatic N) is 1. The van der Waals surface area contributed by atoms with Gasteiger partial charge in [-0.25, -0.2) is 4.79 Å². The smallest absolute Gasteiger partial charge is 0.326 e. The van der Waals surface area contributed by atoms with Gasteiger partial charge >= 0.3 is 5.97 Å². The van der Waals surface area contributed by atoms with Crippen molar-refractivity contribution in [3.8, 4) is 6.07 Å². The van der Waals surface area contributed by atoms with E-state index in [1.54, 1.807) is 48.5 Å². The van der Waals surface area contributed by atoms with Gasteiger partial charge < -0.3 is 10.4 Å². The zero-order valence-electron chi connectivity index (χ0n) is 12.0. The summed E-state index contributed by atoms with van der Waals surface area (Å²) in [5, 5.41) is 20.9. The molecule has 23 heavy (non-hydrogen) atoms. The maximum absolute atomic E-state index is 12.2. The molecule has 0 saturated carbocycles. The number of hydrogen-bond acceptors (Lipinski definition) is 3. The fourth-order valence-corrected chi connectivity index (χ4v) is 2.50. The van der Waals surface area contributed by atoms with Crippen LogP contribution in [0.1, 0.15) is 21.5 Å². The number of nitriles is 1. The number of amides is 1. The summed E-state index contributed by atoms with van der Waals surface area (Å²) in [5.74, 6) is -1.63. The summed E-state index contributed by atoms with van der Waals surface area (Å²) in [6, 6.07) is 14.3. The normalized spacial score (nSPS) is 11.3. The lowest BCUT2D eigenvalue weighted by Crippen LogP contribution is -2.42. The first kappa shape index (κ1) is 16.7. The standard InChI is InChI=1S/C17H13BrN2O3/c18-14-7-3-6-12(8-14)16(21)20-15(17(22)23)9-11-4-1-2-5-13(11)10-19/h1-8,15H,9H2,(H,20,21)(H,22,23)/t15-/m0/s1. The van der Waals surface area contributed by atoms with Gasteiger partial charge in [0.05, 0.1) is 11.6 Å². The second-order valence-electron chi connectivity index (χ2n) is 4.85. The first-order valence-corrected chi connectivity index (χ1v) is 7.58. The molecule has 0 saturated heterocycles. The van der Waals surface area contributed by atoms with E-state index in [4.69, 9.17) is 5.26 Å². The number of carbonyl (C=O) groups is 2. The Morgan fingerprint density at radius 1 is 1.22 bits per heavy atom. The number of hydrogen-bond donors (Lipinski definition) is 2. The molecule has 1 atom stereocenters. The van der Waals surface area contributed by atoms with Gasteiger partial charge in [-0.2, -0.15) is 5.26 Å². The van der Waals surface area contributed by atoms with Gasteiger partial charge in [-0.1, -0.05) is 40.2 Å². The molecule has 2 rings (SSSR count). The second kappa shape index (κ2) is 7.56. The Balaban J connectivity index is 2.18. The van der Waals surface area contributed by atoms with Crippen LogP contribution in [0.25, 0.3) is 0 Å². The first-order chi connectivity index (χ1) is 11.0. The fraction of sp³-hybridized carbons (Fsp3) is 0.118. The number of nitrogens with one attached hydrogen (secondary N) is 1. The molecule has 2 aromatic carbocycles. The van der Waals surface area contributed by atoms with E-state index in [0.29, 0.717) is 16.7 Å². The molecule has 1 amide bonds. The number of aliphatic carboxylic acids is 1. The van der Waals surface area contributed by atoms with Crippen LogP contribution in [0.3, 0.4) is 0 Å². The van der Waals surface area contributed by atoms with Crippen LogP contribution < -0.4 is 5.32 Å². The van der Waals surface area contributed by atoms with Gasteiger partial charge in [0.25, 0.3) is 5.91 Å². The number of carboxylic acid groups (broad SMARTS) is 1. The van der Waals surface area contributed by atoms with Crippen LogP contribution in [0.4, 0.5) is 0 Å². The van der Waals surface area contributed by atoms with Crippen molar-refractivity contribution < 1.29 is 14.7 Å². The zero-order valence-corrected chi connectivity index (χ0v) is 13.6. The van der Waals surface area contributed by atoms with Crippen molar-refractivity contribution in [3.05, 3.63) is 69.7 Å². The van der Waals surface area contributed by atoms with E-state index < -0.39 is 17.9 Å². The van der Waals surface area contributed by atoms with Gasteiger partial charge in [0, 0.05) is 16.5 Å². The van der Waals surface area contributed by atoms with E-state index in [-0.39, 0.29) is 6.42 Å². The summed E-state index contributed by atoms with van der Waals surface area (Å²) in [6.07, 6.45) is 0.0405. The molecule has 116 valence electrons. The zero-order chi connectivity index (χ0) is 16.8. The minimum absolute atomic E-state index is 0.0405. The average molecular weight is 373 g/mol. The van der Waals surface area contributed by atoms with Crippen LogP contribution >= 0.6 is 15.9 Å². The molecule has 0 aliphatic carbocycles. The Morgan fingerprint density at radius 3 is 2.61 bits per heavy atom. The molecule has 0 aromatic heterocycles. The van der Waals surface area contributed by atoms with E-state index >= 15 is 0 Å². The first-order valence-electron chi connectivity index (χ1n) is 6.78. The third-order valence-corrected chi connectivity index (χ3v) is 3.75. The van der Waals surface area contributed by atoms with Crippen molar-refractivity contribution in [2.75, 3.05) is 0 Å².